The quantitative estimate of drug-likeness (QED) is 0.936. The first-order chi connectivity index (χ1) is 9.15. The molecule has 1 N–H and O–H groups in total. The summed E-state index contributed by atoms with van der Waals surface area (Å²) in [5.41, 5.74) is 2.14. The molecule has 19 heavy (non-hydrogen) atoms. The molecule has 1 unspecified atom stereocenters. The van der Waals surface area contributed by atoms with Crippen LogP contribution in [-0.4, -0.2) is 31.6 Å². The summed E-state index contributed by atoms with van der Waals surface area (Å²) < 4.78 is 2.16. The molecule has 0 radical (unpaired) electrons. The number of fused-ring (bicyclic) bond motifs is 1. The van der Waals surface area contributed by atoms with Gasteiger partial charge in [0.05, 0.1) is 16.6 Å². The van der Waals surface area contributed by atoms with Gasteiger partial charge in [0.25, 0.3) is 0 Å². The molecular weight excluding hydrogens is 260 g/mol. The van der Waals surface area contributed by atoms with Gasteiger partial charge in [0, 0.05) is 11.8 Å². The van der Waals surface area contributed by atoms with Crippen LogP contribution in [0.25, 0.3) is 11.0 Å². The van der Waals surface area contributed by atoms with Crippen LogP contribution in [0.3, 0.4) is 0 Å². The van der Waals surface area contributed by atoms with Crippen LogP contribution in [-0.2, 0) is 6.54 Å². The van der Waals surface area contributed by atoms with Crippen molar-refractivity contribution in [1.82, 2.24) is 9.55 Å². The molecule has 100 valence electrons. The van der Waals surface area contributed by atoms with E-state index in [4.69, 9.17) is 5.11 Å². The highest BCUT2D eigenvalue weighted by atomic mass is 32.2. The van der Waals surface area contributed by atoms with Gasteiger partial charge < -0.3 is 9.67 Å². The number of hydrogen-bond acceptors (Lipinski definition) is 3. The fraction of sp³-hybridized carbons (Fsp3) is 0.429. The van der Waals surface area contributed by atoms with Crippen LogP contribution in [0.15, 0.2) is 18.2 Å². The zero-order valence-electron chi connectivity index (χ0n) is 10.8. The standard InChI is InChI=1S/C14H16N2O2S/c1-9-15-12-5-4-10(14(17)18)7-13(12)16(9)8-11-3-2-6-19-11/h4-5,7,11H,2-3,6,8H2,1H3,(H,17,18). The lowest BCUT2D eigenvalue weighted by Crippen LogP contribution is -2.11. The number of aromatic nitrogens is 2. The van der Waals surface area contributed by atoms with Crippen LogP contribution in [0.4, 0.5) is 0 Å². The lowest BCUT2D eigenvalue weighted by molar-refractivity contribution is 0.0697. The Hall–Kier alpha value is -1.49. The maximum Gasteiger partial charge on any atom is 0.335 e. The van der Waals surface area contributed by atoms with Crippen molar-refractivity contribution >= 4 is 28.8 Å². The van der Waals surface area contributed by atoms with Gasteiger partial charge in [0.2, 0.25) is 0 Å². The van der Waals surface area contributed by atoms with Crippen LogP contribution < -0.4 is 0 Å². The lowest BCUT2D eigenvalue weighted by Gasteiger charge is -2.12. The number of rotatable bonds is 3. The zero-order chi connectivity index (χ0) is 13.4. The number of carboxylic acids is 1. The second-order valence-corrected chi connectivity index (χ2v) is 6.32. The van der Waals surface area contributed by atoms with Crippen LogP contribution in [0.1, 0.15) is 29.0 Å². The summed E-state index contributed by atoms with van der Waals surface area (Å²) in [6, 6.07) is 5.15. The average molecular weight is 276 g/mol. The molecule has 1 aromatic heterocycles. The number of hydrogen-bond donors (Lipinski definition) is 1. The fourth-order valence-electron chi connectivity index (χ4n) is 2.60. The lowest BCUT2D eigenvalue weighted by atomic mass is 10.2. The van der Waals surface area contributed by atoms with Crippen molar-refractivity contribution in [2.24, 2.45) is 0 Å². The Morgan fingerprint density at radius 1 is 1.58 bits per heavy atom. The van der Waals surface area contributed by atoms with Crippen molar-refractivity contribution < 1.29 is 9.90 Å². The topological polar surface area (TPSA) is 55.1 Å². The number of carboxylic acid groups (broad SMARTS) is 1. The maximum atomic E-state index is 11.1. The van der Waals surface area contributed by atoms with E-state index < -0.39 is 5.97 Å². The minimum atomic E-state index is -0.887. The van der Waals surface area contributed by atoms with Crippen LogP contribution in [0, 0.1) is 6.92 Å². The van der Waals surface area contributed by atoms with Gasteiger partial charge in [0.1, 0.15) is 5.82 Å². The van der Waals surface area contributed by atoms with Gasteiger partial charge in [-0.05, 0) is 43.7 Å². The first-order valence-corrected chi connectivity index (χ1v) is 7.52. The summed E-state index contributed by atoms with van der Waals surface area (Å²) in [7, 11) is 0. The highest BCUT2D eigenvalue weighted by Gasteiger charge is 2.19. The molecule has 0 aliphatic carbocycles. The molecule has 1 atom stereocenters. The second-order valence-electron chi connectivity index (χ2n) is 4.91. The molecule has 4 nitrogen and oxygen atoms in total. The Kier molecular flexibility index (Phi) is 3.22. The Labute approximate surface area is 115 Å². The van der Waals surface area contributed by atoms with Gasteiger partial charge in [-0.25, -0.2) is 9.78 Å². The molecular formula is C14H16N2O2S. The van der Waals surface area contributed by atoms with Gasteiger partial charge in [0.15, 0.2) is 0 Å². The fourth-order valence-corrected chi connectivity index (χ4v) is 3.85. The van der Waals surface area contributed by atoms with E-state index in [9.17, 15) is 4.79 Å². The van der Waals surface area contributed by atoms with E-state index in [1.54, 1.807) is 18.2 Å². The van der Waals surface area contributed by atoms with Crippen molar-refractivity contribution in [2.45, 2.75) is 31.6 Å². The molecule has 2 aromatic rings. The number of nitrogens with zero attached hydrogens (tertiary/aromatic N) is 2. The van der Waals surface area contributed by atoms with Crippen LogP contribution in [0.5, 0.6) is 0 Å². The van der Waals surface area contributed by atoms with Gasteiger partial charge in [-0.15, -0.1) is 0 Å². The van der Waals surface area contributed by atoms with E-state index >= 15 is 0 Å². The summed E-state index contributed by atoms with van der Waals surface area (Å²) in [5, 5.41) is 9.72. The summed E-state index contributed by atoms with van der Waals surface area (Å²) in [5.74, 6) is 1.31. The molecule has 0 bridgehead atoms. The normalized spacial score (nSPS) is 19.1. The third-order valence-corrected chi connectivity index (χ3v) is 4.98. The third-order valence-electron chi connectivity index (χ3n) is 3.60. The molecule has 0 amide bonds. The smallest absolute Gasteiger partial charge is 0.335 e. The van der Waals surface area contributed by atoms with Crippen molar-refractivity contribution in [1.29, 1.82) is 0 Å². The van der Waals surface area contributed by atoms with E-state index in [0.29, 0.717) is 10.8 Å². The highest BCUT2D eigenvalue weighted by molar-refractivity contribution is 8.00. The minimum Gasteiger partial charge on any atom is -0.478 e. The largest absolute Gasteiger partial charge is 0.478 e. The molecule has 3 rings (SSSR count). The number of imidazole rings is 1. The molecule has 1 aliphatic heterocycles. The molecule has 1 fully saturated rings. The average Bonchev–Trinajstić information content (AvgIpc) is 2.98. The summed E-state index contributed by atoms with van der Waals surface area (Å²) in [6.07, 6.45) is 2.52. The van der Waals surface area contributed by atoms with Gasteiger partial charge in [-0.3, -0.25) is 0 Å². The van der Waals surface area contributed by atoms with Crippen molar-refractivity contribution in [3.63, 3.8) is 0 Å². The molecule has 1 saturated heterocycles. The van der Waals surface area contributed by atoms with E-state index in [2.05, 4.69) is 9.55 Å². The molecule has 2 heterocycles. The molecule has 1 aliphatic rings. The summed E-state index contributed by atoms with van der Waals surface area (Å²) in [4.78, 5) is 15.6. The number of aromatic carboxylic acids is 1. The third kappa shape index (κ3) is 2.34. The summed E-state index contributed by atoms with van der Waals surface area (Å²) >= 11 is 2.00. The Balaban J connectivity index is 2.03. The Morgan fingerprint density at radius 3 is 3.11 bits per heavy atom. The predicted octanol–water partition coefficient (Wildman–Crippen LogP) is 2.94. The van der Waals surface area contributed by atoms with Crippen molar-refractivity contribution in [2.75, 3.05) is 5.75 Å². The zero-order valence-corrected chi connectivity index (χ0v) is 11.6. The van der Waals surface area contributed by atoms with E-state index in [1.807, 2.05) is 18.7 Å². The first-order valence-electron chi connectivity index (χ1n) is 6.47. The van der Waals surface area contributed by atoms with Crippen LogP contribution in [0.2, 0.25) is 0 Å². The van der Waals surface area contributed by atoms with E-state index in [1.165, 1.54) is 18.6 Å². The molecule has 1 aromatic carbocycles. The summed E-state index contributed by atoms with van der Waals surface area (Å²) in [6.45, 7) is 2.91. The maximum absolute atomic E-state index is 11.1. The van der Waals surface area contributed by atoms with Crippen molar-refractivity contribution in [3.05, 3.63) is 29.6 Å². The van der Waals surface area contributed by atoms with E-state index in [0.717, 1.165) is 23.4 Å². The van der Waals surface area contributed by atoms with Crippen LogP contribution >= 0.6 is 11.8 Å². The Bertz CT molecular complexity index is 630. The van der Waals surface area contributed by atoms with Gasteiger partial charge in [-0.1, -0.05) is 0 Å². The first kappa shape index (κ1) is 12.5. The minimum absolute atomic E-state index is 0.327. The highest BCUT2D eigenvalue weighted by Crippen LogP contribution is 2.29. The number of benzene rings is 1. The second kappa shape index (κ2) is 4.89. The predicted molar refractivity (Wildman–Crippen MR) is 76.9 cm³/mol. The number of aryl methyl sites for hydroxylation is 1. The molecule has 5 heteroatoms. The number of thioether (sulfide) groups is 1. The van der Waals surface area contributed by atoms with E-state index in [-0.39, 0.29) is 0 Å². The van der Waals surface area contributed by atoms with Gasteiger partial charge >= 0.3 is 5.97 Å². The Morgan fingerprint density at radius 2 is 2.42 bits per heavy atom. The van der Waals surface area contributed by atoms with Gasteiger partial charge in [-0.2, -0.15) is 11.8 Å². The SMILES string of the molecule is Cc1nc2ccc(C(=O)O)cc2n1CC1CCCS1. The van der Waals surface area contributed by atoms with Crippen molar-refractivity contribution in [3.8, 4) is 0 Å². The monoisotopic (exact) mass is 276 g/mol. The molecule has 0 saturated carbocycles. The molecule has 0 spiro atoms. The number of carbonyl (C=O) groups is 1.